The Kier molecular flexibility index (Phi) is 7.21. The van der Waals surface area contributed by atoms with E-state index in [0.29, 0.717) is 12.1 Å². The first-order valence-corrected chi connectivity index (χ1v) is 10.3. The average Bonchev–Trinajstić information content (AvgIpc) is 3.17. The van der Waals surface area contributed by atoms with Crippen LogP contribution in [0.5, 0.6) is 0 Å². The van der Waals surface area contributed by atoms with E-state index in [9.17, 15) is 19.5 Å². The second-order valence-electron chi connectivity index (χ2n) is 7.84. The second kappa shape index (κ2) is 10.1. The number of likely N-dealkylation sites (tertiary alicyclic amines) is 1. The number of quaternary nitrogens is 1. The van der Waals surface area contributed by atoms with Crippen LogP contribution in [-0.2, 0) is 9.59 Å². The van der Waals surface area contributed by atoms with Crippen LogP contribution in [0.25, 0.3) is 0 Å². The molecule has 0 radical (unpaired) electrons. The van der Waals surface area contributed by atoms with Crippen LogP contribution in [0.15, 0.2) is 59.8 Å². The monoisotopic (exact) mass is 439 g/mol. The van der Waals surface area contributed by atoms with Gasteiger partial charge in [0.2, 0.25) is 0 Å². The van der Waals surface area contributed by atoms with Crippen LogP contribution in [-0.4, -0.2) is 58.1 Å². The number of aliphatic carboxylic acids is 1. The van der Waals surface area contributed by atoms with Gasteiger partial charge >= 0.3 is 17.9 Å². The summed E-state index contributed by atoms with van der Waals surface area (Å²) < 4.78 is -0.464. The number of nitrogens with one attached hydrogen (secondary N) is 2. The number of aryl methyl sites for hydroxylation is 1. The largest absolute Gasteiger partial charge is 0.477 e. The van der Waals surface area contributed by atoms with Crippen LogP contribution in [0.2, 0.25) is 0 Å². The first kappa shape index (κ1) is 23.0. The lowest BCUT2D eigenvalue weighted by Gasteiger charge is -2.39. The highest BCUT2D eigenvalue weighted by Crippen LogP contribution is 2.43. The topological polar surface area (TPSA) is 128 Å². The Morgan fingerprint density at radius 1 is 1.12 bits per heavy atom. The molecule has 3 amide bonds. The SMILES string of the molecule is Cc1cccc(NC(=O)NCC(=O)[N+]2(CC=NO)C(C(=O)O)CCC2c2ccccc2)c1. The first-order chi connectivity index (χ1) is 15.4. The standard InChI is InChI=1S/C23H26N4O5/c1-16-6-5-9-18(14-16)26-23(31)24-15-21(28)27(13-12-25-32)19(10-11-20(27)22(29)30)17-7-3-2-4-8-17/h2-9,12,14,19-20H,10-11,13,15H2,1H3,(H3-,24,26,29,30,31,32)/p+1. The Labute approximate surface area is 185 Å². The highest BCUT2D eigenvalue weighted by molar-refractivity contribution is 5.92. The maximum Gasteiger partial charge on any atom is 0.363 e. The van der Waals surface area contributed by atoms with Gasteiger partial charge < -0.3 is 20.9 Å². The number of carboxylic acids is 1. The van der Waals surface area contributed by atoms with Crippen molar-refractivity contribution in [1.29, 1.82) is 0 Å². The van der Waals surface area contributed by atoms with Crippen LogP contribution in [0.3, 0.4) is 0 Å². The fourth-order valence-corrected chi connectivity index (χ4v) is 4.50. The summed E-state index contributed by atoms with van der Waals surface area (Å²) in [6.07, 6.45) is 1.90. The molecule has 3 unspecified atom stereocenters. The molecule has 9 heteroatoms. The van der Waals surface area contributed by atoms with Gasteiger partial charge in [-0.05, 0) is 24.6 Å². The molecule has 0 spiro atoms. The summed E-state index contributed by atoms with van der Waals surface area (Å²) in [5.41, 5.74) is 2.37. The van der Waals surface area contributed by atoms with Gasteiger partial charge in [-0.25, -0.2) is 18.9 Å². The minimum absolute atomic E-state index is 0.104. The number of rotatable bonds is 7. The number of urea groups is 1. The molecule has 2 aromatic carbocycles. The van der Waals surface area contributed by atoms with Gasteiger partial charge in [0, 0.05) is 24.1 Å². The Bertz CT molecular complexity index is 1010. The maximum absolute atomic E-state index is 13.5. The number of anilines is 1. The molecular weight excluding hydrogens is 412 g/mol. The smallest absolute Gasteiger partial charge is 0.363 e. The molecule has 0 aromatic heterocycles. The molecule has 1 heterocycles. The number of amides is 3. The van der Waals surface area contributed by atoms with E-state index >= 15 is 0 Å². The number of carbonyl (C=O) groups excluding carboxylic acids is 2. The third kappa shape index (κ3) is 4.78. The van der Waals surface area contributed by atoms with Gasteiger partial charge in [-0.2, -0.15) is 0 Å². The van der Waals surface area contributed by atoms with Crippen molar-refractivity contribution in [3.8, 4) is 0 Å². The first-order valence-electron chi connectivity index (χ1n) is 10.3. The van der Waals surface area contributed by atoms with Crippen LogP contribution >= 0.6 is 0 Å². The van der Waals surface area contributed by atoms with Crippen molar-refractivity contribution < 1.29 is 29.2 Å². The van der Waals surface area contributed by atoms with Crippen molar-refractivity contribution in [3.63, 3.8) is 0 Å². The van der Waals surface area contributed by atoms with Crippen molar-refractivity contribution in [1.82, 2.24) is 5.32 Å². The van der Waals surface area contributed by atoms with Crippen molar-refractivity contribution in [2.75, 3.05) is 18.4 Å². The van der Waals surface area contributed by atoms with Gasteiger partial charge in [0.05, 0.1) is 6.21 Å². The van der Waals surface area contributed by atoms with Gasteiger partial charge in [-0.1, -0.05) is 47.6 Å². The molecule has 168 valence electrons. The maximum atomic E-state index is 13.5. The van der Waals surface area contributed by atoms with Crippen molar-refractivity contribution in [3.05, 3.63) is 65.7 Å². The minimum atomic E-state index is -1.10. The summed E-state index contributed by atoms with van der Waals surface area (Å²) in [7, 11) is 0. The molecule has 3 atom stereocenters. The van der Waals surface area contributed by atoms with Gasteiger partial charge in [0.15, 0.2) is 6.04 Å². The van der Waals surface area contributed by atoms with E-state index in [1.165, 1.54) is 0 Å². The fourth-order valence-electron chi connectivity index (χ4n) is 4.50. The second-order valence-corrected chi connectivity index (χ2v) is 7.84. The molecule has 3 rings (SSSR count). The average molecular weight is 439 g/mol. The van der Waals surface area contributed by atoms with Crippen LogP contribution in [0.1, 0.15) is 30.0 Å². The molecule has 2 aromatic rings. The van der Waals surface area contributed by atoms with Gasteiger partial charge in [0.25, 0.3) is 0 Å². The van der Waals surface area contributed by atoms with Crippen molar-refractivity contribution in [2.45, 2.75) is 31.8 Å². The summed E-state index contributed by atoms with van der Waals surface area (Å²) in [6, 6.07) is 14.4. The van der Waals surface area contributed by atoms with Crippen molar-refractivity contribution in [2.24, 2.45) is 5.16 Å². The molecular formula is C23H27N4O5+. The van der Waals surface area contributed by atoms with E-state index in [4.69, 9.17) is 5.21 Å². The zero-order valence-corrected chi connectivity index (χ0v) is 17.8. The lowest BCUT2D eigenvalue weighted by atomic mass is 10.0. The molecule has 1 saturated heterocycles. The molecule has 9 nitrogen and oxygen atoms in total. The Hall–Kier alpha value is -3.72. The van der Waals surface area contributed by atoms with Crippen LogP contribution in [0, 0.1) is 6.92 Å². The molecule has 0 saturated carbocycles. The van der Waals surface area contributed by atoms with E-state index < -0.39 is 34.5 Å². The summed E-state index contributed by atoms with van der Waals surface area (Å²) in [4.78, 5) is 38.0. The number of carbonyl (C=O) groups is 3. The number of carboxylic acid groups (broad SMARTS) is 1. The predicted molar refractivity (Wildman–Crippen MR) is 118 cm³/mol. The zero-order chi connectivity index (χ0) is 23.1. The molecule has 1 aliphatic rings. The molecule has 0 aliphatic carbocycles. The number of oxime groups is 1. The molecule has 0 bridgehead atoms. The van der Waals surface area contributed by atoms with E-state index in [-0.39, 0.29) is 19.5 Å². The zero-order valence-electron chi connectivity index (χ0n) is 17.8. The number of benzene rings is 2. The highest BCUT2D eigenvalue weighted by atomic mass is 16.4. The minimum Gasteiger partial charge on any atom is -0.477 e. The number of hydrogen-bond donors (Lipinski definition) is 4. The Morgan fingerprint density at radius 3 is 2.53 bits per heavy atom. The lowest BCUT2D eigenvalue weighted by Crippen LogP contribution is -2.63. The molecule has 1 aliphatic heterocycles. The van der Waals surface area contributed by atoms with E-state index in [2.05, 4.69) is 15.8 Å². The third-order valence-corrected chi connectivity index (χ3v) is 5.90. The molecule has 4 N–H and O–H groups in total. The number of nitrogens with zero attached hydrogens (tertiary/aromatic N) is 2. The number of hydrogen-bond acceptors (Lipinski definition) is 5. The Morgan fingerprint density at radius 2 is 1.88 bits per heavy atom. The molecule has 32 heavy (non-hydrogen) atoms. The summed E-state index contributed by atoms with van der Waals surface area (Å²) in [6.45, 7) is 1.42. The fraction of sp³-hybridized carbons (Fsp3) is 0.304. The summed E-state index contributed by atoms with van der Waals surface area (Å²) >= 11 is 0. The van der Waals surface area contributed by atoms with Crippen LogP contribution in [0.4, 0.5) is 10.5 Å². The van der Waals surface area contributed by atoms with E-state index in [1.807, 2.05) is 43.3 Å². The highest BCUT2D eigenvalue weighted by Gasteiger charge is 2.57. The van der Waals surface area contributed by atoms with Gasteiger partial charge in [0.1, 0.15) is 19.1 Å². The molecule has 1 fully saturated rings. The van der Waals surface area contributed by atoms with Gasteiger partial charge in [-0.15, -0.1) is 0 Å². The van der Waals surface area contributed by atoms with Crippen molar-refractivity contribution >= 4 is 29.8 Å². The third-order valence-electron chi connectivity index (χ3n) is 5.90. The predicted octanol–water partition coefficient (Wildman–Crippen LogP) is 2.91. The quantitative estimate of drug-likeness (QED) is 0.228. The van der Waals surface area contributed by atoms with Crippen LogP contribution < -0.4 is 10.6 Å². The van der Waals surface area contributed by atoms with E-state index in [0.717, 1.165) is 17.3 Å². The van der Waals surface area contributed by atoms with Gasteiger partial charge in [-0.3, -0.25) is 0 Å². The lowest BCUT2D eigenvalue weighted by molar-refractivity contribution is -0.878. The normalized spacial score (nSPS) is 22.5. The van der Waals surface area contributed by atoms with E-state index in [1.54, 1.807) is 18.2 Å². The Balaban J connectivity index is 1.85. The summed E-state index contributed by atoms with van der Waals surface area (Å²) in [5, 5.41) is 27.2. The summed E-state index contributed by atoms with van der Waals surface area (Å²) in [5.74, 6) is -1.57.